The Morgan fingerprint density at radius 2 is 1.88 bits per heavy atom. The van der Waals surface area contributed by atoms with Crippen molar-refractivity contribution in [2.24, 2.45) is 5.73 Å². The van der Waals surface area contributed by atoms with Crippen molar-refractivity contribution in [3.05, 3.63) is 29.8 Å². The van der Waals surface area contributed by atoms with E-state index < -0.39 is 21.7 Å². The molecule has 0 saturated heterocycles. The molecule has 0 aliphatic rings. The molecule has 1 unspecified atom stereocenters. The summed E-state index contributed by atoms with van der Waals surface area (Å²) in [6.07, 6.45) is 1.10. The van der Waals surface area contributed by atoms with Gasteiger partial charge in [-0.3, -0.25) is 4.79 Å². The van der Waals surface area contributed by atoms with Gasteiger partial charge < -0.3 is 10.8 Å². The molecule has 1 rings (SSSR count). The van der Waals surface area contributed by atoms with E-state index in [1.54, 1.807) is 0 Å². The van der Waals surface area contributed by atoms with Gasteiger partial charge in [0, 0.05) is 12.8 Å². The van der Waals surface area contributed by atoms with E-state index >= 15 is 0 Å². The zero-order valence-corrected chi connectivity index (χ0v) is 9.57. The van der Waals surface area contributed by atoms with Crippen molar-refractivity contribution in [1.82, 2.24) is 0 Å². The fourth-order valence-electron chi connectivity index (χ4n) is 1.33. The van der Waals surface area contributed by atoms with Crippen molar-refractivity contribution in [2.45, 2.75) is 10.8 Å². The van der Waals surface area contributed by atoms with Crippen LogP contribution >= 0.6 is 0 Å². The van der Waals surface area contributed by atoms with Gasteiger partial charge in [0.05, 0.1) is 10.8 Å². The number of aliphatic carboxylic acids is 1. The molecule has 5 nitrogen and oxygen atoms in total. The van der Waals surface area contributed by atoms with Gasteiger partial charge in [0.2, 0.25) is 0 Å². The fraction of sp³-hybridized carbons (Fsp3) is 0.300. The number of rotatable bonds is 4. The van der Waals surface area contributed by atoms with Crippen molar-refractivity contribution in [3.63, 3.8) is 0 Å². The lowest BCUT2D eigenvalue weighted by molar-refractivity contribution is -0.138. The van der Waals surface area contributed by atoms with Crippen molar-refractivity contribution < 1.29 is 18.3 Å². The summed E-state index contributed by atoms with van der Waals surface area (Å²) >= 11 is 0. The number of nitrogens with two attached hydrogens (primary N) is 1. The lowest BCUT2D eigenvalue weighted by Crippen LogP contribution is -2.21. The number of hydrogen-bond acceptors (Lipinski definition) is 4. The first kappa shape index (κ1) is 12.7. The van der Waals surface area contributed by atoms with E-state index in [1.165, 1.54) is 24.3 Å². The topological polar surface area (TPSA) is 97.5 Å². The van der Waals surface area contributed by atoms with Crippen molar-refractivity contribution in [2.75, 3.05) is 12.8 Å². The van der Waals surface area contributed by atoms with Gasteiger partial charge in [-0.05, 0) is 17.7 Å². The number of benzene rings is 1. The van der Waals surface area contributed by atoms with Gasteiger partial charge in [0.1, 0.15) is 0 Å². The van der Waals surface area contributed by atoms with Crippen LogP contribution in [0.25, 0.3) is 0 Å². The minimum atomic E-state index is -3.25. The van der Waals surface area contributed by atoms with E-state index in [4.69, 9.17) is 10.8 Å². The maximum Gasteiger partial charge on any atom is 0.312 e. The summed E-state index contributed by atoms with van der Waals surface area (Å²) in [4.78, 5) is 11.0. The summed E-state index contributed by atoms with van der Waals surface area (Å²) in [5.74, 6) is -1.82. The summed E-state index contributed by atoms with van der Waals surface area (Å²) in [5.41, 5.74) is 5.83. The van der Waals surface area contributed by atoms with Crippen LogP contribution in [-0.4, -0.2) is 32.3 Å². The predicted molar refractivity (Wildman–Crippen MR) is 59.0 cm³/mol. The van der Waals surface area contributed by atoms with Crippen LogP contribution in [0.4, 0.5) is 0 Å². The average Bonchev–Trinajstić information content (AvgIpc) is 2.17. The molecule has 0 bridgehead atoms. The van der Waals surface area contributed by atoms with E-state index in [0.29, 0.717) is 5.56 Å². The second kappa shape index (κ2) is 4.63. The van der Waals surface area contributed by atoms with Crippen LogP contribution in [0.5, 0.6) is 0 Å². The minimum absolute atomic E-state index is 0.0203. The van der Waals surface area contributed by atoms with Crippen LogP contribution in [0.2, 0.25) is 0 Å². The minimum Gasteiger partial charge on any atom is -0.481 e. The van der Waals surface area contributed by atoms with E-state index in [1.807, 2.05) is 0 Å². The number of carboxylic acids is 1. The molecule has 0 aromatic heterocycles. The lowest BCUT2D eigenvalue weighted by atomic mass is 10.00. The second-order valence-electron chi connectivity index (χ2n) is 3.47. The van der Waals surface area contributed by atoms with E-state index in [-0.39, 0.29) is 11.4 Å². The molecule has 6 heteroatoms. The van der Waals surface area contributed by atoms with Crippen molar-refractivity contribution in [1.29, 1.82) is 0 Å². The van der Waals surface area contributed by atoms with Crippen LogP contribution in [-0.2, 0) is 14.6 Å². The van der Waals surface area contributed by atoms with Crippen molar-refractivity contribution in [3.8, 4) is 0 Å². The number of sulfone groups is 1. The highest BCUT2D eigenvalue weighted by atomic mass is 32.2. The van der Waals surface area contributed by atoms with Gasteiger partial charge in [0.25, 0.3) is 0 Å². The Morgan fingerprint density at radius 1 is 1.38 bits per heavy atom. The zero-order valence-electron chi connectivity index (χ0n) is 8.75. The Balaban J connectivity index is 3.08. The molecule has 3 N–H and O–H groups in total. The first-order chi connectivity index (χ1) is 7.36. The molecule has 1 atom stereocenters. The predicted octanol–water partition coefficient (Wildman–Crippen LogP) is 0.217. The highest BCUT2D eigenvalue weighted by Gasteiger charge is 2.18. The Bertz CT molecular complexity index is 478. The second-order valence-corrected chi connectivity index (χ2v) is 5.48. The SMILES string of the molecule is CS(=O)(=O)c1ccc(C(CN)C(=O)O)cc1. The molecular weight excluding hydrogens is 230 g/mol. The van der Waals surface area contributed by atoms with E-state index in [2.05, 4.69) is 0 Å². The van der Waals surface area contributed by atoms with Gasteiger partial charge in [-0.25, -0.2) is 8.42 Å². The third kappa shape index (κ3) is 2.80. The van der Waals surface area contributed by atoms with Gasteiger partial charge >= 0.3 is 5.97 Å². The Morgan fingerprint density at radius 3 is 2.19 bits per heavy atom. The molecule has 1 aromatic rings. The number of carbonyl (C=O) groups is 1. The molecule has 88 valence electrons. The molecule has 0 saturated carbocycles. The quantitative estimate of drug-likeness (QED) is 0.788. The third-order valence-corrected chi connectivity index (χ3v) is 3.37. The standard InChI is InChI=1S/C10H13NO4S/c1-16(14,15)8-4-2-7(3-5-8)9(6-11)10(12)13/h2-5,9H,6,11H2,1H3,(H,12,13). The van der Waals surface area contributed by atoms with Gasteiger partial charge in [-0.15, -0.1) is 0 Å². The molecule has 16 heavy (non-hydrogen) atoms. The highest BCUT2D eigenvalue weighted by molar-refractivity contribution is 7.90. The van der Waals surface area contributed by atoms with Gasteiger partial charge in [0.15, 0.2) is 9.84 Å². The van der Waals surface area contributed by atoms with Crippen LogP contribution in [0.1, 0.15) is 11.5 Å². The number of carboxylic acid groups (broad SMARTS) is 1. The zero-order chi connectivity index (χ0) is 12.3. The Hall–Kier alpha value is -1.40. The van der Waals surface area contributed by atoms with Crippen LogP contribution < -0.4 is 5.73 Å². The first-order valence-electron chi connectivity index (χ1n) is 4.59. The maximum absolute atomic E-state index is 11.2. The normalized spacial score (nSPS) is 13.4. The van der Waals surface area contributed by atoms with E-state index in [9.17, 15) is 13.2 Å². The van der Waals surface area contributed by atoms with Crippen LogP contribution in [0.15, 0.2) is 29.2 Å². The van der Waals surface area contributed by atoms with Gasteiger partial charge in [-0.1, -0.05) is 12.1 Å². The molecule has 0 amide bonds. The molecule has 0 spiro atoms. The monoisotopic (exact) mass is 243 g/mol. The Labute approximate surface area is 93.8 Å². The average molecular weight is 243 g/mol. The highest BCUT2D eigenvalue weighted by Crippen LogP contribution is 2.17. The maximum atomic E-state index is 11.2. The lowest BCUT2D eigenvalue weighted by Gasteiger charge is -2.10. The van der Waals surface area contributed by atoms with E-state index in [0.717, 1.165) is 6.26 Å². The van der Waals surface area contributed by atoms with Crippen LogP contribution in [0.3, 0.4) is 0 Å². The molecule has 0 aliphatic heterocycles. The molecule has 0 radical (unpaired) electrons. The molecule has 0 fully saturated rings. The van der Waals surface area contributed by atoms with Gasteiger partial charge in [-0.2, -0.15) is 0 Å². The molecule has 0 heterocycles. The van der Waals surface area contributed by atoms with Crippen molar-refractivity contribution >= 4 is 15.8 Å². The Kier molecular flexibility index (Phi) is 3.66. The molecule has 0 aliphatic carbocycles. The largest absolute Gasteiger partial charge is 0.481 e. The summed E-state index contributed by atoms with van der Waals surface area (Å²) < 4.78 is 22.4. The third-order valence-electron chi connectivity index (χ3n) is 2.24. The molecule has 1 aromatic carbocycles. The fourth-order valence-corrected chi connectivity index (χ4v) is 1.96. The summed E-state index contributed by atoms with van der Waals surface area (Å²) in [5, 5.41) is 8.86. The smallest absolute Gasteiger partial charge is 0.312 e. The number of hydrogen-bond donors (Lipinski definition) is 2. The summed E-state index contributed by atoms with van der Waals surface area (Å²) in [6.45, 7) is -0.0203. The summed E-state index contributed by atoms with van der Waals surface area (Å²) in [7, 11) is -3.25. The van der Waals surface area contributed by atoms with Crippen LogP contribution in [0, 0.1) is 0 Å². The summed E-state index contributed by atoms with van der Waals surface area (Å²) in [6, 6.07) is 5.72. The molecular formula is C10H13NO4S. The first-order valence-corrected chi connectivity index (χ1v) is 6.48.